The van der Waals surface area contributed by atoms with Crippen molar-refractivity contribution in [3.63, 3.8) is 0 Å². The van der Waals surface area contributed by atoms with E-state index in [1.54, 1.807) is 6.20 Å². The predicted molar refractivity (Wildman–Crippen MR) is 75.6 cm³/mol. The largest absolute Gasteiger partial charge is 0.340 e. The molecule has 19 heavy (non-hydrogen) atoms. The highest BCUT2D eigenvalue weighted by molar-refractivity contribution is 5.76. The van der Waals surface area contributed by atoms with Crippen molar-refractivity contribution in [2.45, 2.75) is 32.7 Å². The Kier molecular flexibility index (Phi) is 5.33. The summed E-state index contributed by atoms with van der Waals surface area (Å²) in [7, 11) is 0. The quantitative estimate of drug-likeness (QED) is 0.812. The first-order valence-corrected chi connectivity index (χ1v) is 7.18. The van der Waals surface area contributed by atoms with Crippen LogP contribution in [0.25, 0.3) is 0 Å². The number of hydrogen-bond acceptors (Lipinski definition) is 3. The lowest BCUT2D eigenvalue weighted by Crippen LogP contribution is -2.48. The molecule has 0 bridgehead atoms. The van der Waals surface area contributed by atoms with E-state index >= 15 is 0 Å². The van der Waals surface area contributed by atoms with Gasteiger partial charge in [0.15, 0.2) is 0 Å². The topological polar surface area (TPSA) is 36.4 Å². The third kappa shape index (κ3) is 4.31. The van der Waals surface area contributed by atoms with Crippen LogP contribution in [0.4, 0.5) is 0 Å². The molecule has 4 nitrogen and oxygen atoms in total. The minimum atomic E-state index is 0.322. The smallest absolute Gasteiger partial charge is 0.222 e. The molecular formula is C15H23N3O. The third-order valence-corrected chi connectivity index (χ3v) is 3.60. The molecule has 0 unspecified atom stereocenters. The Morgan fingerprint density at radius 2 is 2.11 bits per heavy atom. The second-order valence-corrected chi connectivity index (χ2v) is 5.12. The standard InChI is InChI=1S/C15H23N3O/c1-2-3-6-15(19)18-10-8-17(9-11-18)13-14-5-4-7-16-12-14/h4-5,7,12H,2-3,6,8-11,13H2,1H3. The van der Waals surface area contributed by atoms with Gasteiger partial charge in [0.2, 0.25) is 5.91 Å². The third-order valence-electron chi connectivity index (χ3n) is 3.60. The maximum atomic E-state index is 11.9. The fraction of sp³-hybridized carbons (Fsp3) is 0.600. The average Bonchev–Trinajstić information content (AvgIpc) is 2.46. The molecule has 1 aliphatic heterocycles. The Bertz CT molecular complexity index is 386. The van der Waals surface area contributed by atoms with Crippen molar-refractivity contribution in [3.8, 4) is 0 Å². The van der Waals surface area contributed by atoms with Gasteiger partial charge in [-0.1, -0.05) is 19.4 Å². The summed E-state index contributed by atoms with van der Waals surface area (Å²) in [5.74, 6) is 0.322. The zero-order valence-electron chi connectivity index (χ0n) is 11.7. The van der Waals surface area contributed by atoms with Crippen LogP contribution in [0.1, 0.15) is 31.7 Å². The van der Waals surface area contributed by atoms with E-state index in [0.29, 0.717) is 12.3 Å². The van der Waals surface area contributed by atoms with E-state index in [4.69, 9.17) is 0 Å². The molecule has 1 amide bonds. The summed E-state index contributed by atoms with van der Waals surface area (Å²) < 4.78 is 0. The SMILES string of the molecule is CCCCC(=O)N1CCN(Cc2cccnc2)CC1. The number of carbonyl (C=O) groups excluding carboxylic acids is 1. The van der Waals surface area contributed by atoms with Gasteiger partial charge >= 0.3 is 0 Å². The van der Waals surface area contributed by atoms with E-state index in [2.05, 4.69) is 22.9 Å². The Labute approximate surface area is 115 Å². The minimum absolute atomic E-state index is 0.322. The maximum Gasteiger partial charge on any atom is 0.222 e. The Morgan fingerprint density at radius 1 is 1.32 bits per heavy atom. The maximum absolute atomic E-state index is 11.9. The highest BCUT2D eigenvalue weighted by atomic mass is 16.2. The second-order valence-electron chi connectivity index (χ2n) is 5.12. The first-order valence-electron chi connectivity index (χ1n) is 7.18. The summed E-state index contributed by atoms with van der Waals surface area (Å²) in [6.45, 7) is 6.72. The Morgan fingerprint density at radius 3 is 2.74 bits per heavy atom. The van der Waals surface area contributed by atoms with Gasteiger partial charge in [-0.05, 0) is 18.1 Å². The summed E-state index contributed by atoms with van der Waals surface area (Å²) >= 11 is 0. The normalized spacial score (nSPS) is 16.6. The first kappa shape index (κ1) is 14.0. The van der Waals surface area contributed by atoms with E-state index in [0.717, 1.165) is 45.6 Å². The first-order chi connectivity index (χ1) is 9.29. The lowest BCUT2D eigenvalue weighted by Gasteiger charge is -2.34. The molecule has 0 saturated carbocycles. The molecule has 0 spiro atoms. The van der Waals surface area contributed by atoms with Gasteiger partial charge in [-0.3, -0.25) is 14.7 Å². The average molecular weight is 261 g/mol. The summed E-state index contributed by atoms with van der Waals surface area (Å²) in [4.78, 5) is 20.5. The van der Waals surface area contributed by atoms with Crippen molar-refractivity contribution >= 4 is 5.91 Å². The highest BCUT2D eigenvalue weighted by Gasteiger charge is 2.20. The molecule has 1 aromatic rings. The van der Waals surface area contributed by atoms with E-state index in [1.165, 1.54) is 5.56 Å². The Balaban J connectivity index is 1.75. The van der Waals surface area contributed by atoms with E-state index < -0.39 is 0 Å². The summed E-state index contributed by atoms with van der Waals surface area (Å²) in [6, 6.07) is 4.08. The van der Waals surface area contributed by atoms with E-state index in [1.807, 2.05) is 17.2 Å². The van der Waals surface area contributed by atoms with Crippen molar-refractivity contribution in [2.24, 2.45) is 0 Å². The van der Waals surface area contributed by atoms with Gasteiger partial charge in [0.25, 0.3) is 0 Å². The van der Waals surface area contributed by atoms with Gasteiger partial charge in [0.1, 0.15) is 0 Å². The van der Waals surface area contributed by atoms with Crippen LogP contribution in [0, 0.1) is 0 Å². The molecule has 2 rings (SSSR count). The number of nitrogens with zero attached hydrogens (tertiary/aromatic N) is 3. The lowest BCUT2D eigenvalue weighted by molar-refractivity contribution is -0.133. The lowest BCUT2D eigenvalue weighted by atomic mass is 10.2. The van der Waals surface area contributed by atoms with Crippen LogP contribution < -0.4 is 0 Å². The van der Waals surface area contributed by atoms with Crippen LogP contribution in [0.5, 0.6) is 0 Å². The number of carbonyl (C=O) groups is 1. The zero-order valence-corrected chi connectivity index (χ0v) is 11.7. The number of rotatable bonds is 5. The van der Waals surface area contributed by atoms with Crippen LogP contribution in [0.3, 0.4) is 0 Å². The van der Waals surface area contributed by atoms with Gasteiger partial charge in [-0.2, -0.15) is 0 Å². The number of aromatic nitrogens is 1. The van der Waals surface area contributed by atoms with Crippen molar-refractivity contribution in [3.05, 3.63) is 30.1 Å². The molecule has 4 heteroatoms. The number of pyridine rings is 1. The Hall–Kier alpha value is -1.42. The van der Waals surface area contributed by atoms with Crippen molar-refractivity contribution < 1.29 is 4.79 Å². The van der Waals surface area contributed by atoms with Gasteiger partial charge in [0, 0.05) is 51.5 Å². The van der Waals surface area contributed by atoms with Gasteiger partial charge in [-0.15, -0.1) is 0 Å². The number of piperazine rings is 1. The minimum Gasteiger partial charge on any atom is -0.340 e. The highest BCUT2D eigenvalue weighted by Crippen LogP contribution is 2.09. The second kappa shape index (κ2) is 7.24. The monoisotopic (exact) mass is 261 g/mol. The summed E-state index contributed by atoms with van der Waals surface area (Å²) in [5, 5.41) is 0. The van der Waals surface area contributed by atoms with Crippen LogP contribution in [0.2, 0.25) is 0 Å². The molecule has 1 fully saturated rings. The molecule has 0 aliphatic carbocycles. The van der Waals surface area contributed by atoms with Crippen LogP contribution >= 0.6 is 0 Å². The molecular weight excluding hydrogens is 238 g/mol. The summed E-state index contributed by atoms with van der Waals surface area (Å²) in [5.41, 5.74) is 1.24. The molecule has 0 radical (unpaired) electrons. The van der Waals surface area contributed by atoms with Crippen LogP contribution in [-0.2, 0) is 11.3 Å². The van der Waals surface area contributed by atoms with Crippen molar-refractivity contribution in [2.75, 3.05) is 26.2 Å². The van der Waals surface area contributed by atoms with Gasteiger partial charge in [-0.25, -0.2) is 0 Å². The fourth-order valence-corrected chi connectivity index (χ4v) is 2.39. The number of hydrogen-bond donors (Lipinski definition) is 0. The molecule has 0 N–H and O–H groups in total. The molecule has 2 heterocycles. The fourth-order valence-electron chi connectivity index (χ4n) is 2.39. The van der Waals surface area contributed by atoms with Crippen molar-refractivity contribution in [1.82, 2.24) is 14.8 Å². The van der Waals surface area contributed by atoms with Crippen LogP contribution in [0.15, 0.2) is 24.5 Å². The zero-order chi connectivity index (χ0) is 13.5. The molecule has 0 atom stereocenters. The van der Waals surface area contributed by atoms with Crippen LogP contribution in [-0.4, -0.2) is 46.9 Å². The molecule has 1 saturated heterocycles. The number of unbranched alkanes of at least 4 members (excludes halogenated alkanes) is 1. The van der Waals surface area contributed by atoms with E-state index in [9.17, 15) is 4.79 Å². The van der Waals surface area contributed by atoms with E-state index in [-0.39, 0.29) is 0 Å². The number of amides is 1. The predicted octanol–water partition coefficient (Wildman–Crippen LogP) is 1.92. The molecule has 1 aromatic heterocycles. The summed E-state index contributed by atoms with van der Waals surface area (Å²) in [6.07, 6.45) is 6.52. The molecule has 1 aliphatic rings. The molecule has 0 aromatic carbocycles. The van der Waals surface area contributed by atoms with Gasteiger partial charge < -0.3 is 4.90 Å². The molecule has 104 valence electrons. The van der Waals surface area contributed by atoms with Gasteiger partial charge in [0.05, 0.1) is 0 Å². The van der Waals surface area contributed by atoms with Crippen molar-refractivity contribution in [1.29, 1.82) is 0 Å².